The van der Waals surface area contributed by atoms with Gasteiger partial charge >= 0.3 is 0 Å². The van der Waals surface area contributed by atoms with Gasteiger partial charge in [0.15, 0.2) is 0 Å². The normalized spacial score (nSPS) is 12.4. The van der Waals surface area contributed by atoms with E-state index in [2.05, 4.69) is 27.3 Å². The fraction of sp³-hybridized carbons (Fsp3) is 0.286. The molecule has 5 heteroatoms. The summed E-state index contributed by atoms with van der Waals surface area (Å²) >= 11 is 11.1. The van der Waals surface area contributed by atoms with Gasteiger partial charge in [0.2, 0.25) is 0 Å². The molecule has 1 aromatic carbocycles. The molecule has 2 rings (SSSR count). The highest BCUT2D eigenvalue weighted by atomic mass is 79.9. The lowest BCUT2D eigenvalue weighted by Crippen LogP contribution is -2.17. The molecule has 0 spiro atoms. The Bertz CT molecular complexity index is 558. The Morgan fingerprint density at radius 2 is 2.16 bits per heavy atom. The highest BCUT2D eigenvalue weighted by molar-refractivity contribution is 9.10. The summed E-state index contributed by atoms with van der Waals surface area (Å²) in [7, 11) is 1.94. The molecule has 0 saturated carbocycles. The zero-order chi connectivity index (χ0) is 13.8. The van der Waals surface area contributed by atoms with Gasteiger partial charge in [-0.2, -0.15) is 0 Å². The first-order valence-corrected chi connectivity index (χ1v) is 7.99. The second-order valence-corrected chi connectivity index (χ2v) is 6.64. The van der Waals surface area contributed by atoms with Crippen molar-refractivity contribution in [1.29, 1.82) is 0 Å². The first-order chi connectivity index (χ1) is 9.15. The number of hydrogen-bond donors (Lipinski definition) is 1. The van der Waals surface area contributed by atoms with Gasteiger partial charge in [0.1, 0.15) is 5.75 Å². The summed E-state index contributed by atoms with van der Waals surface area (Å²) < 4.78 is 7.54. The number of ether oxygens (including phenoxy) is 1. The Balaban J connectivity index is 2.44. The average Bonchev–Trinajstić information content (AvgIpc) is 2.80. The van der Waals surface area contributed by atoms with Gasteiger partial charge in [0.25, 0.3) is 0 Å². The van der Waals surface area contributed by atoms with E-state index in [0.717, 1.165) is 20.1 Å². The summed E-state index contributed by atoms with van der Waals surface area (Å²) in [4.78, 5) is 1.17. The van der Waals surface area contributed by atoms with E-state index in [0.29, 0.717) is 6.61 Å². The average molecular weight is 361 g/mol. The van der Waals surface area contributed by atoms with Gasteiger partial charge in [0, 0.05) is 14.9 Å². The Morgan fingerprint density at radius 1 is 1.37 bits per heavy atom. The SMILES string of the molecule is CCOc1ccc(Br)cc1C(NC)c1ccc(Cl)s1. The van der Waals surface area contributed by atoms with Crippen LogP contribution in [-0.4, -0.2) is 13.7 Å². The van der Waals surface area contributed by atoms with Gasteiger partial charge in [-0.25, -0.2) is 0 Å². The van der Waals surface area contributed by atoms with Crippen molar-refractivity contribution in [1.82, 2.24) is 5.32 Å². The fourth-order valence-corrected chi connectivity index (χ4v) is 3.54. The van der Waals surface area contributed by atoms with E-state index >= 15 is 0 Å². The zero-order valence-electron chi connectivity index (χ0n) is 10.7. The predicted octanol–water partition coefficient (Wildman–Crippen LogP) is 4.87. The van der Waals surface area contributed by atoms with Crippen LogP contribution in [0, 0.1) is 0 Å². The Hall–Kier alpha value is -0.550. The molecule has 0 saturated heterocycles. The minimum Gasteiger partial charge on any atom is -0.494 e. The highest BCUT2D eigenvalue weighted by Gasteiger charge is 2.18. The third-order valence-electron chi connectivity index (χ3n) is 2.75. The number of benzene rings is 1. The molecule has 0 amide bonds. The molecule has 1 heterocycles. The van der Waals surface area contributed by atoms with Crippen LogP contribution in [0.1, 0.15) is 23.4 Å². The summed E-state index contributed by atoms with van der Waals surface area (Å²) in [5.74, 6) is 0.898. The fourth-order valence-electron chi connectivity index (χ4n) is 1.97. The molecule has 2 nitrogen and oxygen atoms in total. The second-order valence-electron chi connectivity index (χ2n) is 3.98. The molecule has 0 aliphatic heterocycles. The maximum absolute atomic E-state index is 6.03. The number of nitrogens with one attached hydrogen (secondary N) is 1. The van der Waals surface area contributed by atoms with Gasteiger partial charge in [-0.3, -0.25) is 0 Å². The number of thiophene rings is 1. The first-order valence-electron chi connectivity index (χ1n) is 6.00. The van der Waals surface area contributed by atoms with Crippen LogP contribution in [0.3, 0.4) is 0 Å². The zero-order valence-corrected chi connectivity index (χ0v) is 13.9. The quantitative estimate of drug-likeness (QED) is 0.821. The van der Waals surface area contributed by atoms with E-state index in [9.17, 15) is 0 Å². The maximum Gasteiger partial charge on any atom is 0.124 e. The number of halogens is 2. The highest BCUT2D eigenvalue weighted by Crippen LogP contribution is 2.36. The smallest absolute Gasteiger partial charge is 0.124 e. The van der Waals surface area contributed by atoms with Crippen molar-refractivity contribution in [2.45, 2.75) is 13.0 Å². The summed E-state index contributed by atoms with van der Waals surface area (Å²) in [6.07, 6.45) is 0. The van der Waals surface area contributed by atoms with Crippen LogP contribution in [0.5, 0.6) is 5.75 Å². The molecule has 1 unspecified atom stereocenters. The molecule has 0 bridgehead atoms. The predicted molar refractivity (Wildman–Crippen MR) is 85.5 cm³/mol. The van der Waals surface area contributed by atoms with Crippen molar-refractivity contribution in [2.75, 3.05) is 13.7 Å². The lowest BCUT2D eigenvalue weighted by Gasteiger charge is -2.19. The summed E-state index contributed by atoms with van der Waals surface area (Å²) in [5, 5.41) is 3.32. The molecule has 2 aromatic rings. The van der Waals surface area contributed by atoms with Gasteiger partial charge in [-0.05, 0) is 44.3 Å². The molecule has 102 valence electrons. The minimum atomic E-state index is 0.0801. The van der Waals surface area contributed by atoms with Gasteiger partial charge in [0.05, 0.1) is 17.0 Å². The molecular formula is C14H15BrClNOS. The largest absolute Gasteiger partial charge is 0.494 e. The summed E-state index contributed by atoms with van der Waals surface area (Å²) in [6.45, 7) is 2.64. The molecule has 1 atom stereocenters. The van der Waals surface area contributed by atoms with Crippen LogP contribution in [-0.2, 0) is 0 Å². The van der Waals surface area contributed by atoms with Crippen molar-refractivity contribution in [3.63, 3.8) is 0 Å². The molecule has 1 aromatic heterocycles. The van der Waals surface area contributed by atoms with Crippen LogP contribution in [0.2, 0.25) is 4.34 Å². The second kappa shape index (κ2) is 6.75. The van der Waals surface area contributed by atoms with Crippen molar-refractivity contribution in [2.24, 2.45) is 0 Å². The van der Waals surface area contributed by atoms with E-state index in [1.165, 1.54) is 4.88 Å². The van der Waals surface area contributed by atoms with E-state index in [1.54, 1.807) is 11.3 Å². The first kappa shape index (κ1) is 14.9. The van der Waals surface area contributed by atoms with Crippen LogP contribution in [0.25, 0.3) is 0 Å². The van der Waals surface area contributed by atoms with Crippen molar-refractivity contribution < 1.29 is 4.74 Å². The van der Waals surface area contributed by atoms with Crippen LogP contribution in [0.4, 0.5) is 0 Å². The van der Waals surface area contributed by atoms with E-state index in [1.807, 2.05) is 38.2 Å². The lowest BCUT2D eigenvalue weighted by atomic mass is 10.0. The van der Waals surface area contributed by atoms with Crippen LogP contribution in [0.15, 0.2) is 34.8 Å². The monoisotopic (exact) mass is 359 g/mol. The summed E-state index contributed by atoms with van der Waals surface area (Å²) in [5.41, 5.74) is 1.11. The molecule has 19 heavy (non-hydrogen) atoms. The number of hydrogen-bond acceptors (Lipinski definition) is 3. The summed E-state index contributed by atoms with van der Waals surface area (Å²) in [6, 6.07) is 10.1. The Morgan fingerprint density at radius 3 is 2.74 bits per heavy atom. The molecule has 0 fully saturated rings. The van der Waals surface area contributed by atoms with Crippen molar-refractivity contribution in [3.8, 4) is 5.75 Å². The van der Waals surface area contributed by atoms with Gasteiger partial charge < -0.3 is 10.1 Å². The lowest BCUT2D eigenvalue weighted by molar-refractivity contribution is 0.334. The minimum absolute atomic E-state index is 0.0801. The Kier molecular flexibility index (Phi) is 5.28. The third-order valence-corrected chi connectivity index (χ3v) is 4.54. The van der Waals surface area contributed by atoms with E-state index in [4.69, 9.17) is 16.3 Å². The van der Waals surface area contributed by atoms with Crippen LogP contribution < -0.4 is 10.1 Å². The van der Waals surface area contributed by atoms with Gasteiger partial charge in [-0.15, -0.1) is 11.3 Å². The van der Waals surface area contributed by atoms with Crippen LogP contribution >= 0.6 is 38.9 Å². The molecular weight excluding hydrogens is 346 g/mol. The van der Waals surface area contributed by atoms with Crippen molar-refractivity contribution in [3.05, 3.63) is 49.6 Å². The molecule has 0 radical (unpaired) electrons. The molecule has 1 N–H and O–H groups in total. The maximum atomic E-state index is 6.03. The standard InChI is InChI=1S/C14H15BrClNOS/c1-3-18-11-5-4-9(15)8-10(11)14(17-2)12-6-7-13(16)19-12/h4-8,14,17H,3H2,1-2H3. The molecule has 0 aliphatic rings. The van der Waals surface area contributed by atoms with E-state index < -0.39 is 0 Å². The number of rotatable bonds is 5. The molecule has 0 aliphatic carbocycles. The topological polar surface area (TPSA) is 21.3 Å². The van der Waals surface area contributed by atoms with E-state index in [-0.39, 0.29) is 6.04 Å². The van der Waals surface area contributed by atoms with Crippen molar-refractivity contribution >= 4 is 38.9 Å². The van der Waals surface area contributed by atoms with Gasteiger partial charge in [-0.1, -0.05) is 27.5 Å². The third kappa shape index (κ3) is 3.51. The Labute approximate surface area is 130 Å².